The van der Waals surface area contributed by atoms with Crippen molar-refractivity contribution >= 4 is 5.91 Å². The maximum Gasteiger partial charge on any atom is 0.225 e. The Morgan fingerprint density at radius 2 is 2.30 bits per heavy atom. The van der Waals surface area contributed by atoms with Gasteiger partial charge in [0.15, 0.2) is 0 Å². The molecule has 1 aromatic carbocycles. The minimum absolute atomic E-state index is 0.0173. The summed E-state index contributed by atoms with van der Waals surface area (Å²) in [6, 6.07) is 7.75. The van der Waals surface area contributed by atoms with Crippen LogP contribution in [0.3, 0.4) is 0 Å². The van der Waals surface area contributed by atoms with Gasteiger partial charge in [-0.3, -0.25) is 4.79 Å². The van der Waals surface area contributed by atoms with Gasteiger partial charge in [-0.1, -0.05) is 18.2 Å². The van der Waals surface area contributed by atoms with Gasteiger partial charge in [-0.25, -0.2) is 0 Å². The van der Waals surface area contributed by atoms with Gasteiger partial charge in [-0.05, 0) is 6.07 Å². The summed E-state index contributed by atoms with van der Waals surface area (Å²) in [5.41, 5.74) is 1.01. The lowest BCUT2D eigenvalue weighted by Crippen LogP contribution is -2.41. The number of carbonyl (C=O) groups excluding carboxylic acids is 1. The van der Waals surface area contributed by atoms with Crippen LogP contribution in [0.2, 0.25) is 0 Å². The minimum atomic E-state index is -0.0173. The molecule has 1 atom stereocenters. The minimum Gasteiger partial charge on any atom is -0.496 e. The quantitative estimate of drug-likeness (QED) is 0.874. The predicted molar refractivity (Wildman–Crippen MR) is 76.7 cm³/mol. The van der Waals surface area contributed by atoms with Crippen molar-refractivity contribution in [2.45, 2.75) is 19.1 Å². The number of rotatable bonds is 5. The van der Waals surface area contributed by atoms with Crippen molar-refractivity contribution in [1.82, 2.24) is 10.2 Å². The topological polar surface area (TPSA) is 50.8 Å². The molecule has 1 aromatic rings. The van der Waals surface area contributed by atoms with Crippen LogP contribution >= 0.6 is 0 Å². The van der Waals surface area contributed by atoms with Gasteiger partial charge in [0.2, 0.25) is 5.91 Å². The van der Waals surface area contributed by atoms with Crippen molar-refractivity contribution in [1.29, 1.82) is 0 Å². The van der Waals surface area contributed by atoms with Crippen LogP contribution in [-0.4, -0.2) is 50.8 Å². The van der Waals surface area contributed by atoms with E-state index in [0.29, 0.717) is 19.6 Å². The van der Waals surface area contributed by atoms with Gasteiger partial charge in [0.25, 0.3) is 0 Å². The monoisotopic (exact) mass is 278 g/mol. The highest BCUT2D eigenvalue weighted by molar-refractivity contribution is 5.76. The van der Waals surface area contributed by atoms with Gasteiger partial charge >= 0.3 is 0 Å². The molecule has 1 N–H and O–H groups in total. The summed E-state index contributed by atoms with van der Waals surface area (Å²) in [4.78, 5) is 13.9. The van der Waals surface area contributed by atoms with E-state index in [9.17, 15) is 4.79 Å². The molecule has 1 fully saturated rings. The van der Waals surface area contributed by atoms with Gasteiger partial charge in [0.1, 0.15) is 5.75 Å². The van der Waals surface area contributed by atoms with Crippen LogP contribution in [0.4, 0.5) is 0 Å². The molecule has 0 bridgehead atoms. The molecule has 1 aliphatic rings. The zero-order valence-corrected chi connectivity index (χ0v) is 12.1. The van der Waals surface area contributed by atoms with Crippen molar-refractivity contribution < 1.29 is 14.3 Å². The van der Waals surface area contributed by atoms with Crippen LogP contribution in [0.1, 0.15) is 12.0 Å². The lowest BCUT2D eigenvalue weighted by atomic mass is 10.1. The average molecular weight is 278 g/mol. The maximum absolute atomic E-state index is 12.2. The Bertz CT molecular complexity index is 444. The maximum atomic E-state index is 12.2. The van der Waals surface area contributed by atoms with Gasteiger partial charge < -0.3 is 19.7 Å². The molecule has 0 aromatic heterocycles. The van der Waals surface area contributed by atoms with E-state index >= 15 is 0 Å². The highest BCUT2D eigenvalue weighted by Gasteiger charge is 2.20. The van der Waals surface area contributed by atoms with Crippen molar-refractivity contribution in [3.05, 3.63) is 29.8 Å². The molecule has 20 heavy (non-hydrogen) atoms. The van der Waals surface area contributed by atoms with Crippen molar-refractivity contribution in [2.75, 3.05) is 33.9 Å². The Labute approximate surface area is 119 Å². The Hall–Kier alpha value is -1.59. The summed E-state index contributed by atoms with van der Waals surface area (Å²) in [5, 5.41) is 3.23. The van der Waals surface area contributed by atoms with Crippen LogP contribution in [0.25, 0.3) is 0 Å². The van der Waals surface area contributed by atoms with Crippen LogP contribution < -0.4 is 10.1 Å². The molecule has 5 nitrogen and oxygen atoms in total. The molecule has 1 aliphatic heterocycles. The van der Waals surface area contributed by atoms with Crippen molar-refractivity contribution in [3.8, 4) is 5.75 Å². The molecule has 0 radical (unpaired) electrons. The summed E-state index contributed by atoms with van der Waals surface area (Å²) < 4.78 is 10.9. The standard InChI is InChI=1S/C15H22N2O3/c1-17(11-12-5-3-4-6-14(12)19-2)15(18)9-13-10-16-7-8-20-13/h3-6,13,16H,7-11H2,1-2H3. The van der Waals surface area contributed by atoms with E-state index in [1.54, 1.807) is 12.0 Å². The van der Waals surface area contributed by atoms with Gasteiger partial charge in [0.05, 0.1) is 26.2 Å². The second-order valence-corrected chi connectivity index (χ2v) is 4.96. The molecule has 5 heteroatoms. The number of hydrogen-bond donors (Lipinski definition) is 1. The van der Waals surface area contributed by atoms with E-state index in [2.05, 4.69) is 5.32 Å². The van der Waals surface area contributed by atoms with E-state index in [4.69, 9.17) is 9.47 Å². The number of amides is 1. The third kappa shape index (κ3) is 3.95. The third-order valence-corrected chi connectivity index (χ3v) is 3.43. The molecule has 110 valence electrons. The first-order valence-corrected chi connectivity index (χ1v) is 6.89. The van der Waals surface area contributed by atoms with Gasteiger partial charge in [0, 0.05) is 32.2 Å². The SMILES string of the molecule is COc1ccccc1CN(C)C(=O)CC1CNCCO1. The highest BCUT2D eigenvalue weighted by Crippen LogP contribution is 2.19. The third-order valence-electron chi connectivity index (χ3n) is 3.43. The molecule has 1 heterocycles. The van der Waals surface area contributed by atoms with E-state index in [1.165, 1.54) is 0 Å². The smallest absolute Gasteiger partial charge is 0.225 e. The largest absolute Gasteiger partial charge is 0.496 e. The number of methoxy groups -OCH3 is 1. The van der Waals surface area contributed by atoms with Crippen molar-refractivity contribution in [3.63, 3.8) is 0 Å². The molecule has 0 saturated carbocycles. The Morgan fingerprint density at radius 3 is 3.00 bits per heavy atom. The summed E-state index contributed by atoms with van der Waals surface area (Å²) >= 11 is 0. The fourth-order valence-electron chi connectivity index (χ4n) is 2.28. The van der Waals surface area contributed by atoms with Gasteiger partial charge in [-0.15, -0.1) is 0 Å². The van der Waals surface area contributed by atoms with Crippen LogP contribution in [0.5, 0.6) is 5.75 Å². The molecule has 0 spiro atoms. The fraction of sp³-hybridized carbons (Fsp3) is 0.533. The lowest BCUT2D eigenvalue weighted by molar-refractivity contribution is -0.134. The normalized spacial score (nSPS) is 18.6. The number of nitrogens with zero attached hydrogens (tertiary/aromatic N) is 1. The molecule has 2 rings (SSSR count). The fourth-order valence-corrected chi connectivity index (χ4v) is 2.28. The van der Waals surface area contributed by atoms with Gasteiger partial charge in [-0.2, -0.15) is 0 Å². The number of ether oxygens (including phenoxy) is 2. The summed E-state index contributed by atoms with van der Waals surface area (Å²) in [7, 11) is 3.45. The van der Waals surface area contributed by atoms with Crippen LogP contribution in [0, 0.1) is 0 Å². The zero-order valence-electron chi connectivity index (χ0n) is 12.1. The Balaban J connectivity index is 1.89. The lowest BCUT2D eigenvalue weighted by Gasteiger charge is -2.25. The zero-order chi connectivity index (χ0) is 14.4. The van der Waals surface area contributed by atoms with Crippen molar-refractivity contribution in [2.24, 2.45) is 0 Å². The average Bonchev–Trinajstić information content (AvgIpc) is 2.48. The first kappa shape index (κ1) is 14.8. The molecule has 0 aliphatic carbocycles. The first-order chi connectivity index (χ1) is 9.70. The molecule has 1 saturated heterocycles. The summed E-state index contributed by atoms with van der Waals surface area (Å²) in [5.74, 6) is 0.896. The number of nitrogens with one attached hydrogen (secondary N) is 1. The summed E-state index contributed by atoms with van der Waals surface area (Å²) in [6.45, 7) is 2.83. The number of benzene rings is 1. The first-order valence-electron chi connectivity index (χ1n) is 6.89. The van der Waals surface area contributed by atoms with E-state index < -0.39 is 0 Å². The number of hydrogen-bond acceptors (Lipinski definition) is 4. The predicted octanol–water partition coefficient (Wildman–Crippen LogP) is 1.03. The molecular weight excluding hydrogens is 256 g/mol. The highest BCUT2D eigenvalue weighted by atomic mass is 16.5. The molecular formula is C15H22N2O3. The molecule has 1 unspecified atom stereocenters. The second kappa shape index (κ2) is 7.26. The Kier molecular flexibility index (Phi) is 5.38. The Morgan fingerprint density at radius 1 is 1.50 bits per heavy atom. The van der Waals surface area contributed by atoms with E-state index in [-0.39, 0.29) is 12.0 Å². The van der Waals surface area contributed by atoms with E-state index in [1.807, 2.05) is 31.3 Å². The van der Waals surface area contributed by atoms with E-state index in [0.717, 1.165) is 24.4 Å². The summed E-state index contributed by atoms with van der Waals surface area (Å²) in [6.07, 6.45) is 0.398. The van der Waals surface area contributed by atoms with Crippen LogP contribution in [-0.2, 0) is 16.1 Å². The molecule has 1 amide bonds. The second-order valence-electron chi connectivity index (χ2n) is 4.96. The number of carbonyl (C=O) groups is 1. The number of morpholine rings is 1. The van der Waals surface area contributed by atoms with Crippen LogP contribution in [0.15, 0.2) is 24.3 Å². The number of para-hydroxylation sites is 1.